The lowest BCUT2D eigenvalue weighted by Gasteiger charge is -2.09. The molecule has 4 nitrogen and oxygen atoms in total. The Morgan fingerprint density at radius 2 is 1.87 bits per heavy atom. The molecule has 0 aliphatic carbocycles. The Morgan fingerprint density at radius 3 is 2.61 bits per heavy atom. The van der Waals surface area contributed by atoms with Crippen molar-refractivity contribution < 1.29 is 13.9 Å². The molecule has 4 aromatic rings. The van der Waals surface area contributed by atoms with Gasteiger partial charge in [0.25, 0.3) is 0 Å². The molecule has 0 saturated carbocycles. The molecule has 31 heavy (non-hydrogen) atoms. The highest BCUT2D eigenvalue weighted by molar-refractivity contribution is 7.98. The van der Waals surface area contributed by atoms with Gasteiger partial charge in [-0.25, -0.2) is 0 Å². The van der Waals surface area contributed by atoms with Crippen LogP contribution in [-0.4, -0.2) is 18.6 Å². The van der Waals surface area contributed by atoms with Gasteiger partial charge in [-0.15, -0.1) is 11.8 Å². The number of benzene rings is 3. The molecule has 1 heterocycles. The Kier molecular flexibility index (Phi) is 6.05. The van der Waals surface area contributed by atoms with Crippen molar-refractivity contribution in [3.8, 4) is 5.75 Å². The van der Waals surface area contributed by atoms with Gasteiger partial charge in [-0.05, 0) is 54.3 Å². The summed E-state index contributed by atoms with van der Waals surface area (Å²) in [4.78, 5) is 27.3. The quantitative estimate of drug-likeness (QED) is 0.117. The Bertz CT molecular complexity index is 1360. The van der Waals surface area contributed by atoms with Crippen LogP contribution in [0.4, 0.5) is 0 Å². The molecule has 0 saturated heterocycles. The van der Waals surface area contributed by atoms with E-state index in [1.54, 1.807) is 60.3 Å². The van der Waals surface area contributed by atoms with E-state index >= 15 is 0 Å². The number of rotatable bonds is 7. The minimum Gasteiger partial charge on any atom is -0.490 e. The molecule has 0 aliphatic rings. The van der Waals surface area contributed by atoms with Crippen LogP contribution in [0.2, 0.25) is 0 Å². The fourth-order valence-corrected chi connectivity index (χ4v) is 3.69. The second-order valence-corrected chi connectivity index (χ2v) is 7.72. The lowest BCUT2D eigenvalue weighted by atomic mass is 10.0. The van der Waals surface area contributed by atoms with E-state index < -0.39 is 0 Å². The van der Waals surface area contributed by atoms with Crippen LogP contribution in [-0.2, 0) is 0 Å². The molecule has 0 atom stereocenters. The number of ether oxygens (including phenoxy) is 1. The van der Waals surface area contributed by atoms with Crippen LogP contribution in [0, 0.1) is 0 Å². The van der Waals surface area contributed by atoms with E-state index in [0.717, 1.165) is 10.5 Å². The number of hydrogen-bond donors (Lipinski definition) is 0. The summed E-state index contributed by atoms with van der Waals surface area (Å²) in [5.74, 6) is 0.137. The van der Waals surface area contributed by atoms with Crippen LogP contribution in [0.3, 0.4) is 0 Å². The maximum atomic E-state index is 13.1. The van der Waals surface area contributed by atoms with Gasteiger partial charge in [-0.3, -0.25) is 9.59 Å². The van der Waals surface area contributed by atoms with Crippen molar-refractivity contribution >= 4 is 45.6 Å². The van der Waals surface area contributed by atoms with Crippen LogP contribution in [0.1, 0.15) is 15.9 Å². The van der Waals surface area contributed by atoms with Crippen LogP contribution in [0.25, 0.3) is 28.0 Å². The van der Waals surface area contributed by atoms with Crippen molar-refractivity contribution in [3.63, 3.8) is 0 Å². The first kappa shape index (κ1) is 20.7. The van der Waals surface area contributed by atoms with Gasteiger partial charge in [0.15, 0.2) is 5.78 Å². The zero-order valence-corrected chi connectivity index (χ0v) is 17.8. The number of carbonyl (C=O) groups is 1. The highest BCUT2D eigenvalue weighted by atomic mass is 32.2. The van der Waals surface area contributed by atoms with E-state index in [9.17, 15) is 9.59 Å². The molecule has 0 amide bonds. The van der Waals surface area contributed by atoms with Gasteiger partial charge < -0.3 is 9.15 Å². The molecule has 0 unspecified atom stereocenters. The van der Waals surface area contributed by atoms with Gasteiger partial charge in [0.2, 0.25) is 5.43 Å². The number of thioether (sulfide) groups is 1. The summed E-state index contributed by atoms with van der Waals surface area (Å²) in [6, 6.07) is 18.1. The second kappa shape index (κ2) is 9.06. The van der Waals surface area contributed by atoms with Gasteiger partial charge in [0.1, 0.15) is 23.5 Å². The predicted molar refractivity (Wildman–Crippen MR) is 127 cm³/mol. The van der Waals surface area contributed by atoms with E-state index in [2.05, 4.69) is 6.58 Å². The van der Waals surface area contributed by atoms with Crippen LogP contribution >= 0.6 is 11.8 Å². The molecule has 0 aliphatic heterocycles. The predicted octanol–water partition coefficient (Wildman–Crippen LogP) is 6.13. The Morgan fingerprint density at radius 1 is 1.10 bits per heavy atom. The first-order valence-corrected chi connectivity index (χ1v) is 10.9. The van der Waals surface area contributed by atoms with Crippen molar-refractivity contribution in [2.24, 2.45) is 0 Å². The average molecular weight is 429 g/mol. The zero-order chi connectivity index (χ0) is 21.8. The van der Waals surface area contributed by atoms with Crippen molar-refractivity contribution in [2.75, 3.05) is 12.9 Å². The van der Waals surface area contributed by atoms with E-state index in [1.165, 1.54) is 6.08 Å². The number of hydrogen-bond acceptors (Lipinski definition) is 5. The molecule has 0 bridgehead atoms. The molecule has 154 valence electrons. The first-order valence-electron chi connectivity index (χ1n) is 9.70. The molecule has 5 heteroatoms. The first-order chi connectivity index (χ1) is 15.1. The number of fused-ring (bicyclic) bond motifs is 2. The van der Waals surface area contributed by atoms with Crippen LogP contribution < -0.4 is 10.2 Å². The third kappa shape index (κ3) is 4.32. The summed E-state index contributed by atoms with van der Waals surface area (Å²) in [6.45, 7) is 3.90. The van der Waals surface area contributed by atoms with E-state index in [-0.39, 0.29) is 29.0 Å². The standard InChI is InChI=1S/C26H20O4S/c1-3-14-29-18-15-21(23(27)13-10-17-8-11-19(31-2)12-9-17)26-22(16-18)25(28)20-6-4-5-7-24(20)30-26/h3-13,15-16H,1,14H2,2H3. The third-order valence-corrected chi connectivity index (χ3v) is 5.57. The Hall–Kier alpha value is -3.57. The number of ketones is 1. The maximum absolute atomic E-state index is 13.1. The van der Waals surface area contributed by atoms with Crippen molar-refractivity contribution in [1.82, 2.24) is 0 Å². The molecular formula is C26H20O4S. The van der Waals surface area contributed by atoms with Crippen LogP contribution in [0.15, 0.2) is 93.5 Å². The lowest BCUT2D eigenvalue weighted by molar-refractivity contribution is 0.104. The van der Waals surface area contributed by atoms with Crippen LogP contribution in [0.5, 0.6) is 5.75 Å². The van der Waals surface area contributed by atoms with Crippen molar-refractivity contribution in [1.29, 1.82) is 0 Å². The Labute approximate surface area is 183 Å². The largest absolute Gasteiger partial charge is 0.490 e. The highest BCUT2D eigenvalue weighted by Gasteiger charge is 2.17. The molecule has 0 radical (unpaired) electrons. The minimum atomic E-state index is -0.276. The molecule has 0 fully saturated rings. The summed E-state index contributed by atoms with van der Waals surface area (Å²) in [5, 5.41) is 0.764. The van der Waals surface area contributed by atoms with E-state index in [1.807, 2.05) is 30.5 Å². The van der Waals surface area contributed by atoms with Gasteiger partial charge in [-0.1, -0.05) is 43.0 Å². The van der Waals surface area contributed by atoms with Gasteiger partial charge in [-0.2, -0.15) is 0 Å². The molecule has 0 N–H and O–H groups in total. The van der Waals surface area contributed by atoms with E-state index in [0.29, 0.717) is 22.1 Å². The van der Waals surface area contributed by atoms with Gasteiger partial charge in [0.05, 0.1) is 16.3 Å². The third-order valence-electron chi connectivity index (χ3n) is 4.83. The van der Waals surface area contributed by atoms with Crippen molar-refractivity contribution in [3.05, 3.63) is 101 Å². The lowest BCUT2D eigenvalue weighted by Crippen LogP contribution is -2.07. The molecule has 0 spiro atoms. The molecule has 3 aromatic carbocycles. The summed E-state index contributed by atoms with van der Waals surface area (Å²) in [5.41, 5.74) is 1.66. The summed E-state index contributed by atoms with van der Waals surface area (Å²) in [6.07, 6.45) is 6.84. The number of para-hydroxylation sites is 1. The van der Waals surface area contributed by atoms with E-state index in [4.69, 9.17) is 9.15 Å². The Balaban J connectivity index is 1.83. The van der Waals surface area contributed by atoms with Gasteiger partial charge >= 0.3 is 0 Å². The second-order valence-electron chi connectivity index (χ2n) is 6.85. The summed E-state index contributed by atoms with van der Waals surface area (Å²) < 4.78 is 11.6. The highest BCUT2D eigenvalue weighted by Crippen LogP contribution is 2.28. The topological polar surface area (TPSA) is 56.5 Å². The SMILES string of the molecule is C=CCOc1cc(C(=O)C=Cc2ccc(SC)cc2)c2oc3ccccc3c(=O)c2c1. The smallest absolute Gasteiger partial charge is 0.200 e. The van der Waals surface area contributed by atoms with Crippen molar-refractivity contribution in [2.45, 2.75) is 4.90 Å². The fraction of sp³-hybridized carbons (Fsp3) is 0.0769. The number of carbonyl (C=O) groups excluding carboxylic acids is 1. The normalized spacial score (nSPS) is 11.3. The summed E-state index contributed by atoms with van der Waals surface area (Å²) >= 11 is 1.66. The molecule has 1 aromatic heterocycles. The average Bonchev–Trinajstić information content (AvgIpc) is 2.81. The molecule has 4 rings (SSSR count). The fourth-order valence-electron chi connectivity index (χ4n) is 3.28. The molecular weight excluding hydrogens is 408 g/mol. The maximum Gasteiger partial charge on any atom is 0.200 e. The monoisotopic (exact) mass is 428 g/mol. The summed E-state index contributed by atoms with van der Waals surface area (Å²) in [7, 11) is 0. The zero-order valence-electron chi connectivity index (χ0n) is 17.0. The minimum absolute atomic E-state index is 0.202. The van der Waals surface area contributed by atoms with Gasteiger partial charge in [0, 0.05) is 4.90 Å². The number of allylic oxidation sites excluding steroid dienone is 1.